The zero-order valence-electron chi connectivity index (χ0n) is 13.7. The molecule has 126 valence electrons. The van der Waals surface area contributed by atoms with Crippen LogP contribution >= 0.6 is 0 Å². The molecule has 1 aliphatic heterocycles. The van der Waals surface area contributed by atoms with E-state index in [1.165, 1.54) is 0 Å². The van der Waals surface area contributed by atoms with E-state index in [2.05, 4.69) is 9.97 Å². The van der Waals surface area contributed by atoms with Gasteiger partial charge in [0.1, 0.15) is 5.82 Å². The minimum atomic E-state index is -0.0561. The van der Waals surface area contributed by atoms with Gasteiger partial charge < -0.3 is 14.5 Å². The second-order valence-electron chi connectivity index (χ2n) is 6.08. The van der Waals surface area contributed by atoms with Crippen molar-refractivity contribution in [3.63, 3.8) is 0 Å². The second-order valence-corrected chi connectivity index (χ2v) is 6.08. The van der Waals surface area contributed by atoms with Crippen molar-refractivity contribution in [2.45, 2.75) is 0 Å². The van der Waals surface area contributed by atoms with Gasteiger partial charge in [-0.15, -0.1) is 0 Å². The fourth-order valence-corrected chi connectivity index (χ4v) is 3.07. The molecule has 0 saturated carbocycles. The molecular weight excluding hydrogens is 328 g/mol. The van der Waals surface area contributed by atoms with Gasteiger partial charge in [0.2, 0.25) is 6.79 Å². The third-order valence-corrected chi connectivity index (χ3v) is 4.44. The number of carbonyl (C=O) groups is 1. The molecule has 0 fully saturated rings. The zero-order valence-corrected chi connectivity index (χ0v) is 13.7. The fraction of sp³-hybridized carbons (Fsp3) is 0.0476. The normalized spacial score (nSPS) is 12.5. The van der Waals surface area contributed by atoms with Gasteiger partial charge in [-0.05, 0) is 30.3 Å². The van der Waals surface area contributed by atoms with Gasteiger partial charge in [-0.1, -0.05) is 36.4 Å². The Bertz CT molecular complexity index is 1100. The summed E-state index contributed by atoms with van der Waals surface area (Å²) >= 11 is 0. The van der Waals surface area contributed by atoms with Crippen LogP contribution in [0.25, 0.3) is 22.4 Å². The van der Waals surface area contributed by atoms with Gasteiger partial charge in [-0.2, -0.15) is 0 Å². The minimum Gasteiger partial charge on any atom is -0.454 e. The molecule has 1 aliphatic rings. The number of aromatic amines is 1. The Morgan fingerprint density at radius 1 is 0.885 bits per heavy atom. The molecule has 2 heterocycles. The van der Waals surface area contributed by atoms with Crippen LogP contribution in [0.1, 0.15) is 15.9 Å². The summed E-state index contributed by atoms with van der Waals surface area (Å²) in [4.78, 5) is 20.6. The van der Waals surface area contributed by atoms with Crippen molar-refractivity contribution in [2.75, 3.05) is 6.79 Å². The number of carbonyl (C=O) groups excluding carboxylic acids is 1. The Morgan fingerprint density at radius 2 is 1.65 bits per heavy atom. The maximum atomic E-state index is 12.7. The molecule has 0 saturated heterocycles. The zero-order chi connectivity index (χ0) is 17.5. The summed E-state index contributed by atoms with van der Waals surface area (Å²) in [5.41, 5.74) is 4.03. The van der Waals surface area contributed by atoms with Crippen molar-refractivity contribution in [3.8, 4) is 22.9 Å². The molecule has 0 unspecified atom stereocenters. The van der Waals surface area contributed by atoms with E-state index in [1.54, 1.807) is 18.2 Å². The molecule has 0 aliphatic carbocycles. The molecule has 1 aromatic heterocycles. The van der Waals surface area contributed by atoms with E-state index in [0.717, 1.165) is 22.4 Å². The third-order valence-electron chi connectivity index (χ3n) is 4.44. The van der Waals surface area contributed by atoms with Crippen molar-refractivity contribution in [1.82, 2.24) is 9.97 Å². The van der Waals surface area contributed by atoms with Crippen LogP contribution in [0.4, 0.5) is 0 Å². The summed E-state index contributed by atoms with van der Waals surface area (Å²) in [6.45, 7) is 0.194. The van der Waals surface area contributed by atoms with Gasteiger partial charge in [0, 0.05) is 16.7 Å². The molecule has 5 heteroatoms. The number of hydrogen-bond acceptors (Lipinski definition) is 4. The predicted octanol–water partition coefficient (Wildman–Crippen LogP) is 4.19. The van der Waals surface area contributed by atoms with E-state index in [9.17, 15) is 4.79 Å². The SMILES string of the molecule is O=C(c1ccc(-c2nc3ccccc3[nH]2)cc1)c1ccc2c(c1)OCO2. The molecule has 4 aromatic rings. The van der Waals surface area contributed by atoms with Crippen LogP contribution in [-0.4, -0.2) is 22.5 Å². The van der Waals surface area contributed by atoms with Gasteiger partial charge >= 0.3 is 0 Å². The van der Waals surface area contributed by atoms with Crippen molar-refractivity contribution in [1.29, 1.82) is 0 Å². The lowest BCUT2D eigenvalue weighted by molar-refractivity contribution is 0.103. The number of fused-ring (bicyclic) bond motifs is 2. The number of hydrogen-bond donors (Lipinski definition) is 1. The number of nitrogens with one attached hydrogen (secondary N) is 1. The number of para-hydroxylation sites is 2. The van der Waals surface area contributed by atoms with Gasteiger partial charge in [-0.25, -0.2) is 4.98 Å². The number of rotatable bonds is 3. The minimum absolute atomic E-state index is 0.0561. The number of H-pyrrole nitrogens is 1. The van der Waals surface area contributed by atoms with Crippen LogP contribution in [-0.2, 0) is 0 Å². The van der Waals surface area contributed by atoms with Crippen LogP contribution in [0, 0.1) is 0 Å². The molecule has 3 aromatic carbocycles. The van der Waals surface area contributed by atoms with E-state index >= 15 is 0 Å². The summed E-state index contributed by atoms with van der Waals surface area (Å²) in [7, 11) is 0. The number of aromatic nitrogens is 2. The summed E-state index contributed by atoms with van der Waals surface area (Å²) in [6.07, 6.45) is 0. The standard InChI is InChI=1S/C21H14N2O3/c24-20(15-9-10-18-19(11-15)26-12-25-18)13-5-7-14(8-6-13)21-22-16-3-1-2-4-17(16)23-21/h1-11H,12H2,(H,22,23). The van der Waals surface area contributed by atoms with Gasteiger partial charge in [0.05, 0.1) is 11.0 Å². The molecule has 0 amide bonds. The highest BCUT2D eigenvalue weighted by atomic mass is 16.7. The molecule has 26 heavy (non-hydrogen) atoms. The maximum absolute atomic E-state index is 12.7. The smallest absolute Gasteiger partial charge is 0.231 e. The lowest BCUT2D eigenvalue weighted by atomic mass is 10.0. The van der Waals surface area contributed by atoms with E-state index < -0.39 is 0 Å². The number of ether oxygens (including phenoxy) is 2. The van der Waals surface area contributed by atoms with Crippen LogP contribution in [0.3, 0.4) is 0 Å². The highest BCUT2D eigenvalue weighted by molar-refractivity contribution is 6.09. The van der Waals surface area contributed by atoms with Crippen molar-refractivity contribution >= 4 is 16.8 Å². The Labute approximate surface area is 149 Å². The van der Waals surface area contributed by atoms with Crippen molar-refractivity contribution < 1.29 is 14.3 Å². The van der Waals surface area contributed by atoms with Crippen molar-refractivity contribution in [3.05, 3.63) is 77.9 Å². The van der Waals surface area contributed by atoms with E-state index in [1.807, 2.05) is 48.5 Å². The van der Waals surface area contributed by atoms with Crippen LogP contribution in [0.5, 0.6) is 11.5 Å². The first-order valence-corrected chi connectivity index (χ1v) is 8.27. The highest BCUT2D eigenvalue weighted by Gasteiger charge is 2.17. The molecule has 0 spiro atoms. The van der Waals surface area contributed by atoms with Crippen LogP contribution < -0.4 is 9.47 Å². The predicted molar refractivity (Wildman–Crippen MR) is 97.5 cm³/mol. The number of imidazole rings is 1. The average molecular weight is 342 g/mol. The molecule has 1 N–H and O–H groups in total. The van der Waals surface area contributed by atoms with Crippen molar-refractivity contribution in [2.24, 2.45) is 0 Å². The van der Waals surface area contributed by atoms with Crippen LogP contribution in [0.15, 0.2) is 66.7 Å². The average Bonchev–Trinajstić information content (AvgIpc) is 3.33. The summed E-state index contributed by atoms with van der Waals surface area (Å²) in [5, 5.41) is 0. The fourth-order valence-electron chi connectivity index (χ4n) is 3.07. The molecule has 0 atom stereocenters. The molecule has 5 rings (SSSR count). The largest absolute Gasteiger partial charge is 0.454 e. The Morgan fingerprint density at radius 3 is 2.50 bits per heavy atom. The van der Waals surface area contributed by atoms with Crippen LogP contribution in [0.2, 0.25) is 0 Å². The summed E-state index contributed by atoms with van der Waals surface area (Å²) < 4.78 is 10.6. The molecule has 0 bridgehead atoms. The monoisotopic (exact) mass is 342 g/mol. The maximum Gasteiger partial charge on any atom is 0.231 e. The first kappa shape index (κ1) is 14.7. The van der Waals surface area contributed by atoms with Gasteiger partial charge in [-0.3, -0.25) is 4.79 Å². The Kier molecular flexibility index (Phi) is 3.25. The number of ketones is 1. The van der Waals surface area contributed by atoms with E-state index in [-0.39, 0.29) is 12.6 Å². The van der Waals surface area contributed by atoms with E-state index in [4.69, 9.17) is 9.47 Å². The lowest BCUT2D eigenvalue weighted by Gasteiger charge is -2.04. The topological polar surface area (TPSA) is 64.2 Å². The van der Waals surface area contributed by atoms with Gasteiger partial charge in [0.25, 0.3) is 0 Å². The Balaban J connectivity index is 1.45. The first-order chi connectivity index (χ1) is 12.8. The second kappa shape index (κ2) is 5.74. The van der Waals surface area contributed by atoms with E-state index in [0.29, 0.717) is 22.6 Å². The summed E-state index contributed by atoms with van der Waals surface area (Å²) in [6, 6.07) is 20.5. The highest BCUT2D eigenvalue weighted by Crippen LogP contribution is 2.33. The molecule has 0 radical (unpaired) electrons. The lowest BCUT2D eigenvalue weighted by Crippen LogP contribution is -2.01. The number of nitrogens with zero attached hydrogens (tertiary/aromatic N) is 1. The summed E-state index contributed by atoms with van der Waals surface area (Å²) in [5.74, 6) is 2.00. The quantitative estimate of drug-likeness (QED) is 0.567. The third kappa shape index (κ3) is 2.41. The van der Waals surface area contributed by atoms with Gasteiger partial charge in [0.15, 0.2) is 17.3 Å². The Hall–Kier alpha value is -3.60. The number of benzene rings is 3. The molecular formula is C21H14N2O3. The molecule has 5 nitrogen and oxygen atoms in total. The first-order valence-electron chi connectivity index (χ1n) is 8.27.